The van der Waals surface area contributed by atoms with Crippen molar-refractivity contribution >= 4 is 22.5 Å². The monoisotopic (exact) mass is 238 g/mol. The van der Waals surface area contributed by atoms with E-state index >= 15 is 0 Å². The predicted molar refractivity (Wildman–Crippen MR) is 68.3 cm³/mol. The Morgan fingerprint density at radius 2 is 2.11 bits per heavy atom. The van der Waals surface area contributed by atoms with E-state index in [1.54, 1.807) is 24.5 Å². The zero-order chi connectivity index (χ0) is 12.4. The van der Waals surface area contributed by atoms with Crippen LogP contribution in [0.15, 0.2) is 48.9 Å². The van der Waals surface area contributed by atoms with Gasteiger partial charge in [-0.15, -0.1) is 0 Å². The van der Waals surface area contributed by atoms with Gasteiger partial charge in [0.25, 0.3) is 5.91 Å². The fourth-order valence-corrected chi connectivity index (χ4v) is 1.77. The van der Waals surface area contributed by atoms with E-state index < -0.39 is 0 Å². The van der Waals surface area contributed by atoms with E-state index in [1.165, 1.54) is 6.20 Å². The number of fused-ring (bicyclic) bond motifs is 1. The standard InChI is InChI=1S/C13H10N4O/c18-13(9-3-2-6-14-7-9)16-11-4-1-5-12-10(11)8-15-17-12/h1-8H,(H,15,17)(H,16,18). The second-order valence-corrected chi connectivity index (χ2v) is 3.83. The highest BCUT2D eigenvalue weighted by Crippen LogP contribution is 2.21. The van der Waals surface area contributed by atoms with E-state index in [2.05, 4.69) is 20.5 Å². The molecule has 1 aromatic carbocycles. The molecule has 0 spiro atoms. The van der Waals surface area contributed by atoms with Gasteiger partial charge in [-0.2, -0.15) is 5.10 Å². The number of hydrogen-bond donors (Lipinski definition) is 2. The molecule has 3 aromatic rings. The number of nitrogens with one attached hydrogen (secondary N) is 2. The number of benzene rings is 1. The molecule has 0 bridgehead atoms. The molecule has 1 amide bonds. The maximum Gasteiger partial charge on any atom is 0.257 e. The Hall–Kier alpha value is -2.69. The highest BCUT2D eigenvalue weighted by Gasteiger charge is 2.08. The fraction of sp³-hybridized carbons (Fsp3) is 0. The first-order valence-corrected chi connectivity index (χ1v) is 5.48. The van der Waals surface area contributed by atoms with Gasteiger partial charge in [0.1, 0.15) is 0 Å². The number of carbonyl (C=O) groups excluding carboxylic acids is 1. The van der Waals surface area contributed by atoms with Gasteiger partial charge in [-0.25, -0.2) is 0 Å². The van der Waals surface area contributed by atoms with Gasteiger partial charge in [0.2, 0.25) is 0 Å². The average Bonchev–Trinajstić information content (AvgIpc) is 2.89. The summed E-state index contributed by atoms with van der Waals surface area (Å²) >= 11 is 0. The van der Waals surface area contributed by atoms with Crippen molar-refractivity contribution in [3.63, 3.8) is 0 Å². The van der Waals surface area contributed by atoms with Gasteiger partial charge in [-0.1, -0.05) is 6.07 Å². The van der Waals surface area contributed by atoms with Crippen molar-refractivity contribution in [1.82, 2.24) is 15.2 Å². The van der Waals surface area contributed by atoms with Crippen molar-refractivity contribution < 1.29 is 4.79 Å². The summed E-state index contributed by atoms with van der Waals surface area (Å²) in [5, 5.41) is 10.5. The highest BCUT2D eigenvalue weighted by atomic mass is 16.1. The van der Waals surface area contributed by atoms with Crippen molar-refractivity contribution in [3.05, 3.63) is 54.5 Å². The Morgan fingerprint density at radius 3 is 2.94 bits per heavy atom. The molecule has 5 nitrogen and oxygen atoms in total. The number of aromatic nitrogens is 3. The number of pyridine rings is 1. The molecule has 2 heterocycles. The third-order valence-corrected chi connectivity index (χ3v) is 2.66. The van der Waals surface area contributed by atoms with E-state index in [9.17, 15) is 4.79 Å². The first kappa shape index (κ1) is 10.5. The number of amides is 1. The Morgan fingerprint density at radius 1 is 1.17 bits per heavy atom. The maximum atomic E-state index is 12.0. The molecule has 18 heavy (non-hydrogen) atoms. The molecule has 3 rings (SSSR count). The van der Waals surface area contributed by atoms with Crippen molar-refractivity contribution in [3.8, 4) is 0 Å². The van der Waals surface area contributed by atoms with Crippen molar-refractivity contribution in [1.29, 1.82) is 0 Å². The number of hydrogen-bond acceptors (Lipinski definition) is 3. The molecule has 0 saturated carbocycles. The van der Waals surface area contributed by atoms with Crippen molar-refractivity contribution in [2.75, 3.05) is 5.32 Å². The van der Waals surface area contributed by atoms with Crippen LogP contribution in [0.2, 0.25) is 0 Å². The maximum absolute atomic E-state index is 12.0. The van der Waals surface area contributed by atoms with Crippen LogP contribution in [-0.4, -0.2) is 21.1 Å². The lowest BCUT2D eigenvalue weighted by Gasteiger charge is -2.05. The summed E-state index contributed by atoms with van der Waals surface area (Å²) in [5.41, 5.74) is 2.15. The summed E-state index contributed by atoms with van der Waals surface area (Å²) in [6.45, 7) is 0. The minimum atomic E-state index is -0.184. The minimum Gasteiger partial charge on any atom is -0.321 e. The Balaban J connectivity index is 1.93. The molecule has 2 N–H and O–H groups in total. The lowest BCUT2D eigenvalue weighted by atomic mass is 10.2. The van der Waals surface area contributed by atoms with Crippen LogP contribution in [0.3, 0.4) is 0 Å². The minimum absolute atomic E-state index is 0.184. The van der Waals surface area contributed by atoms with Crippen LogP contribution in [0.4, 0.5) is 5.69 Å². The summed E-state index contributed by atoms with van der Waals surface area (Å²) in [6, 6.07) is 9.05. The van der Waals surface area contributed by atoms with Gasteiger partial charge < -0.3 is 5.32 Å². The van der Waals surface area contributed by atoms with Crippen LogP contribution in [0.25, 0.3) is 10.9 Å². The summed E-state index contributed by atoms with van der Waals surface area (Å²) in [5.74, 6) is -0.184. The zero-order valence-electron chi connectivity index (χ0n) is 9.42. The summed E-state index contributed by atoms with van der Waals surface area (Å²) in [6.07, 6.45) is 4.85. The van der Waals surface area contributed by atoms with Gasteiger partial charge in [0.15, 0.2) is 0 Å². The van der Waals surface area contributed by atoms with E-state index in [0.29, 0.717) is 5.56 Å². The normalized spacial score (nSPS) is 10.4. The van der Waals surface area contributed by atoms with E-state index in [4.69, 9.17) is 0 Å². The quantitative estimate of drug-likeness (QED) is 0.719. The summed E-state index contributed by atoms with van der Waals surface area (Å²) in [7, 11) is 0. The summed E-state index contributed by atoms with van der Waals surface area (Å²) in [4.78, 5) is 15.9. The second kappa shape index (κ2) is 4.29. The van der Waals surface area contributed by atoms with Crippen molar-refractivity contribution in [2.45, 2.75) is 0 Å². The number of rotatable bonds is 2. The Labute approximate surface area is 103 Å². The van der Waals surface area contributed by atoms with Crippen LogP contribution in [0.5, 0.6) is 0 Å². The number of anilines is 1. The molecule has 88 valence electrons. The predicted octanol–water partition coefficient (Wildman–Crippen LogP) is 2.21. The number of nitrogens with zero attached hydrogens (tertiary/aromatic N) is 2. The van der Waals surface area contributed by atoms with E-state index in [0.717, 1.165) is 16.6 Å². The van der Waals surface area contributed by atoms with Crippen LogP contribution < -0.4 is 5.32 Å². The number of H-pyrrole nitrogens is 1. The molecule has 0 radical (unpaired) electrons. The fourth-order valence-electron chi connectivity index (χ4n) is 1.77. The van der Waals surface area contributed by atoms with Crippen molar-refractivity contribution in [2.24, 2.45) is 0 Å². The van der Waals surface area contributed by atoms with Crippen LogP contribution in [0, 0.1) is 0 Å². The smallest absolute Gasteiger partial charge is 0.257 e. The third-order valence-electron chi connectivity index (χ3n) is 2.66. The topological polar surface area (TPSA) is 70.7 Å². The number of aromatic amines is 1. The van der Waals surface area contributed by atoms with Gasteiger partial charge >= 0.3 is 0 Å². The zero-order valence-corrected chi connectivity index (χ0v) is 9.42. The summed E-state index contributed by atoms with van der Waals surface area (Å²) < 4.78 is 0. The number of carbonyl (C=O) groups is 1. The second-order valence-electron chi connectivity index (χ2n) is 3.83. The SMILES string of the molecule is O=C(Nc1cccc2[nH]ncc12)c1cccnc1. The molecule has 0 unspecified atom stereocenters. The van der Waals surface area contributed by atoms with Gasteiger partial charge in [0, 0.05) is 17.8 Å². The molecule has 0 aliphatic carbocycles. The molecule has 5 heteroatoms. The Kier molecular flexibility index (Phi) is 2.49. The molecule has 0 fully saturated rings. The molecular weight excluding hydrogens is 228 g/mol. The first-order chi connectivity index (χ1) is 8.84. The molecule has 0 aliphatic rings. The van der Waals surface area contributed by atoms with Gasteiger partial charge in [-0.05, 0) is 24.3 Å². The first-order valence-electron chi connectivity index (χ1n) is 5.48. The van der Waals surface area contributed by atoms with E-state index in [-0.39, 0.29) is 5.91 Å². The van der Waals surface area contributed by atoms with Crippen LogP contribution in [0.1, 0.15) is 10.4 Å². The molecular formula is C13H10N4O. The highest BCUT2D eigenvalue weighted by molar-refractivity contribution is 6.08. The average molecular weight is 238 g/mol. The molecule has 0 saturated heterocycles. The lowest BCUT2D eigenvalue weighted by molar-refractivity contribution is 0.102. The third kappa shape index (κ3) is 1.82. The molecule has 2 aromatic heterocycles. The molecule has 0 atom stereocenters. The van der Waals surface area contributed by atoms with Crippen LogP contribution >= 0.6 is 0 Å². The largest absolute Gasteiger partial charge is 0.321 e. The Bertz CT molecular complexity index is 690. The van der Waals surface area contributed by atoms with Crippen LogP contribution in [-0.2, 0) is 0 Å². The van der Waals surface area contributed by atoms with Gasteiger partial charge in [0.05, 0.1) is 23.0 Å². The molecule has 0 aliphatic heterocycles. The van der Waals surface area contributed by atoms with E-state index in [1.807, 2.05) is 18.2 Å². The lowest BCUT2D eigenvalue weighted by Crippen LogP contribution is -2.12. The van der Waals surface area contributed by atoms with Gasteiger partial charge in [-0.3, -0.25) is 14.9 Å².